The molecule has 0 saturated carbocycles. The molecule has 21 heavy (non-hydrogen) atoms. The number of ether oxygens (including phenoxy) is 2. The first-order valence-electron chi connectivity index (χ1n) is 7.06. The van der Waals surface area contributed by atoms with E-state index in [1.165, 1.54) is 0 Å². The number of nitrogens with zero attached hydrogens (tertiary/aromatic N) is 4. The molecule has 0 saturated heterocycles. The van der Waals surface area contributed by atoms with Crippen molar-refractivity contribution >= 4 is 5.69 Å². The highest BCUT2D eigenvalue weighted by Gasteiger charge is 2.18. The minimum absolute atomic E-state index is 0.0118. The molecule has 0 aliphatic carbocycles. The average molecular weight is 291 g/mol. The zero-order valence-corrected chi connectivity index (χ0v) is 12.6. The van der Waals surface area contributed by atoms with Crippen molar-refractivity contribution in [3.63, 3.8) is 0 Å². The van der Waals surface area contributed by atoms with Crippen molar-refractivity contribution in [3.05, 3.63) is 18.2 Å². The van der Waals surface area contributed by atoms with Gasteiger partial charge >= 0.3 is 0 Å². The normalized spacial score (nSPS) is 12.3. The summed E-state index contributed by atoms with van der Waals surface area (Å²) in [4.78, 5) is 0. The molecule has 1 aromatic carbocycles. The number of tetrazole rings is 1. The first kappa shape index (κ1) is 15.2. The topological polar surface area (TPSA) is 88.1 Å². The molecular weight excluding hydrogens is 270 g/mol. The van der Waals surface area contributed by atoms with E-state index >= 15 is 0 Å². The Kier molecular flexibility index (Phi) is 5.10. The fourth-order valence-corrected chi connectivity index (χ4v) is 2.15. The van der Waals surface area contributed by atoms with Crippen molar-refractivity contribution in [3.8, 4) is 17.1 Å². The molecular formula is C14H21N5O2. The smallest absolute Gasteiger partial charge is 0.187 e. The van der Waals surface area contributed by atoms with Gasteiger partial charge in [0.05, 0.1) is 24.8 Å². The maximum Gasteiger partial charge on any atom is 0.187 e. The zero-order valence-electron chi connectivity index (χ0n) is 12.6. The van der Waals surface area contributed by atoms with Gasteiger partial charge in [-0.25, -0.2) is 4.68 Å². The monoisotopic (exact) mass is 291 g/mol. The standard InChI is InChI=1S/C14H21N5O2/c1-4-20-10(3)9-19-14(16-17-18-19)13-11(15)7-6-8-12(13)21-5-2/h6-8,10H,4-5,9,15H2,1-3H3. The Morgan fingerprint density at radius 3 is 2.81 bits per heavy atom. The molecule has 0 aliphatic heterocycles. The zero-order chi connectivity index (χ0) is 15.2. The van der Waals surface area contributed by atoms with Crippen molar-refractivity contribution in [2.24, 2.45) is 0 Å². The van der Waals surface area contributed by atoms with Crippen LogP contribution in [0.3, 0.4) is 0 Å². The average Bonchev–Trinajstić information content (AvgIpc) is 2.87. The van der Waals surface area contributed by atoms with E-state index in [1.54, 1.807) is 4.68 Å². The number of hydrogen-bond acceptors (Lipinski definition) is 6. The number of nitrogen functional groups attached to an aromatic ring is 1. The molecule has 2 N–H and O–H groups in total. The van der Waals surface area contributed by atoms with Gasteiger partial charge in [0.2, 0.25) is 0 Å². The number of rotatable bonds is 7. The molecule has 2 aromatic rings. The molecule has 0 radical (unpaired) electrons. The van der Waals surface area contributed by atoms with E-state index in [1.807, 2.05) is 39.0 Å². The summed E-state index contributed by atoms with van der Waals surface area (Å²) in [6.45, 7) is 7.61. The summed E-state index contributed by atoms with van der Waals surface area (Å²) in [6.07, 6.45) is 0.0118. The van der Waals surface area contributed by atoms with Crippen LogP contribution in [-0.4, -0.2) is 39.5 Å². The van der Waals surface area contributed by atoms with Gasteiger partial charge < -0.3 is 15.2 Å². The van der Waals surface area contributed by atoms with Crippen molar-refractivity contribution in [1.82, 2.24) is 20.2 Å². The van der Waals surface area contributed by atoms with Crippen LogP contribution in [0.5, 0.6) is 5.75 Å². The summed E-state index contributed by atoms with van der Waals surface area (Å²) in [6, 6.07) is 5.52. The van der Waals surface area contributed by atoms with Crippen LogP contribution in [-0.2, 0) is 11.3 Å². The summed E-state index contributed by atoms with van der Waals surface area (Å²) < 4.78 is 12.9. The van der Waals surface area contributed by atoms with Gasteiger partial charge in [0.25, 0.3) is 0 Å². The van der Waals surface area contributed by atoms with E-state index in [4.69, 9.17) is 15.2 Å². The second kappa shape index (κ2) is 7.03. The van der Waals surface area contributed by atoms with Crippen molar-refractivity contribution in [1.29, 1.82) is 0 Å². The van der Waals surface area contributed by atoms with Gasteiger partial charge in [-0.15, -0.1) is 5.10 Å². The Labute approximate surface area is 124 Å². The lowest BCUT2D eigenvalue weighted by atomic mass is 10.1. The third-order valence-electron chi connectivity index (χ3n) is 3.00. The van der Waals surface area contributed by atoms with Gasteiger partial charge in [0.15, 0.2) is 5.82 Å². The summed E-state index contributed by atoms with van der Waals surface area (Å²) >= 11 is 0. The lowest BCUT2D eigenvalue weighted by Gasteiger charge is -2.15. The third-order valence-corrected chi connectivity index (χ3v) is 3.00. The van der Waals surface area contributed by atoms with E-state index in [-0.39, 0.29) is 6.10 Å². The lowest BCUT2D eigenvalue weighted by Crippen LogP contribution is -2.18. The quantitative estimate of drug-likeness (QED) is 0.782. The van der Waals surface area contributed by atoms with Gasteiger partial charge in [-0.2, -0.15) is 0 Å². The Hall–Kier alpha value is -2.15. The second-order valence-corrected chi connectivity index (χ2v) is 4.60. The van der Waals surface area contributed by atoms with Crippen molar-refractivity contribution in [2.45, 2.75) is 33.4 Å². The van der Waals surface area contributed by atoms with Crippen LogP contribution in [0.25, 0.3) is 11.4 Å². The maximum absolute atomic E-state index is 6.08. The van der Waals surface area contributed by atoms with E-state index in [0.717, 1.165) is 0 Å². The summed E-state index contributed by atoms with van der Waals surface area (Å²) in [5, 5.41) is 11.9. The third kappa shape index (κ3) is 3.49. The van der Waals surface area contributed by atoms with E-state index in [9.17, 15) is 0 Å². The minimum Gasteiger partial charge on any atom is -0.493 e. The number of aromatic nitrogens is 4. The molecule has 0 spiro atoms. The van der Waals surface area contributed by atoms with Crippen LogP contribution in [0.2, 0.25) is 0 Å². The molecule has 1 unspecified atom stereocenters. The highest BCUT2D eigenvalue weighted by molar-refractivity contribution is 5.77. The summed E-state index contributed by atoms with van der Waals surface area (Å²) in [7, 11) is 0. The number of benzene rings is 1. The van der Waals surface area contributed by atoms with Gasteiger partial charge in [0.1, 0.15) is 5.75 Å². The Morgan fingerprint density at radius 2 is 2.10 bits per heavy atom. The summed E-state index contributed by atoms with van der Waals surface area (Å²) in [5.41, 5.74) is 7.38. The predicted octanol–water partition coefficient (Wildman–Crippen LogP) is 1.75. The molecule has 0 fully saturated rings. The van der Waals surface area contributed by atoms with Gasteiger partial charge in [0, 0.05) is 12.3 Å². The molecule has 7 heteroatoms. The Morgan fingerprint density at radius 1 is 1.29 bits per heavy atom. The fraction of sp³-hybridized carbons (Fsp3) is 0.500. The summed E-state index contributed by atoms with van der Waals surface area (Å²) in [5.74, 6) is 1.26. The SMILES string of the molecule is CCOc1cccc(N)c1-c1nnnn1CC(C)OCC. The second-order valence-electron chi connectivity index (χ2n) is 4.60. The van der Waals surface area contributed by atoms with Crippen LogP contribution >= 0.6 is 0 Å². The number of anilines is 1. The molecule has 0 amide bonds. The lowest BCUT2D eigenvalue weighted by molar-refractivity contribution is 0.0614. The minimum atomic E-state index is 0.0118. The number of nitrogens with two attached hydrogens (primary N) is 1. The molecule has 1 aromatic heterocycles. The highest BCUT2D eigenvalue weighted by Crippen LogP contribution is 2.33. The maximum atomic E-state index is 6.08. The Balaban J connectivity index is 2.37. The molecule has 1 heterocycles. The first-order valence-corrected chi connectivity index (χ1v) is 7.06. The van der Waals surface area contributed by atoms with E-state index in [2.05, 4.69) is 15.5 Å². The molecule has 114 valence electrons. The molecule has 0 aliphatic rings. The van der Waals surface area contributed by atoms with Crippen molar-refractivity contribution in [2.75, 3.05) is 18.9 Å². The molecule has 0 bridgehead atoms. The van der Waals surface area contributed by atoms with E-state index < -0.39 is 0 Å². The van der Waals surface area contributed by atoms with E-state index in [0.29, 0.717) is 42.6 Å². The van der Waals surface area contributed by atoms with Gasteiger partial charge in [-0.3, -0.25) is 0 Å². The fourth-order valence-electron chi connectivity index (χ4n) is 2.15. The van der Waals surface area contributed by atoms with Crippen LogP contribution < -0.4 is 10.5 Å². The van der Waals surface area contributed by atoms with Crippen LogP contribution in [0, 0.1) is 0 Å². The largest absolute Gasteiger partial charge is 0.493 e. The van der Waals surface area contributed by atoms with Crippen LogP contribution in [0.4, 0.5) is 5.69 Å². The van der Waals surface area contributed by atoms with Crippen LogP contribution in [0.1, 0.15) is 20.8 Å². The van der Waals surface area contributed by atoms with Crippen molar-refractivity contribution < 1.29 is 9.47 Å². The van der Waals surface area contributed by atoms with Gasteiger partial charge in [-0.05, 0) is 43.3 Å². The predicted molar refractivity (Wildman–Crippen MR) is 79.9 cm³/mol. The Bertz CT molecular complexity index is 584. The first-order chi connectivity index (χ1) is 10.2. The molecule has 7 nitrogen and oxygen atoms in total. The molecule has 1 atom stereocenters. The van der Waals surface area contributed by atoms with Gasteiger partial charge in [-0.1, -0.05) is 6.07 Å². The van der Waals surface area contributed by atoms with Crippen LogP contribution in [0.15, 0.2) is 18.2 Å². The highest BCUT2D eigenvalue weighted by atomic mass is 16.5. The number of hydrogen-bond donors (Lipinski definition) is 1. The molecule has 2 rings (SSSR count).